The van der Waals surface area contributed by atoms with E-state index in [1.165, 1.54) is 12.1 Å². The molecule has 7 heteroatoms. The predicted molar refractivity (Wildman–Crippen MR) is 68.3 cm³/mol. The first-order valence-electron chi connectivity index (χ1n) is 5.87. The fourth-order valence-corrected chi connectivity index (χ4v) is 2.16. The van der Waals surface area contributed by atoms with Crippen LogP contribution in [-0.2, 0) is 23.8 Å². The Labute approximate surface area is 113 Å². The molecule has 1 rings (SSSR count). The molecule has 1 N–H and O–H groups in total. The molecule has 0 radical (unpaired) electrons. The molecule has 1 aromatic rings. The summed E-state index contributed by atoms with van der Waals surface area (Å²) >= 11 is 0. The Morgan fingerprint density at radius 2 is 1.47 bits per heavy atom. The van der Waals surface area contributed by atoms with Gasteiger partial charge >= 0.3 is 0 Å². The maximum absolute atomic E-state index is 11.7. The largest absolute Gasteiger partial charge is 0.394 e. The third-order valence-electron chi connectivity index (χ3n) is 2.11. The van der Waals surface area contributed by atoms with Crippen molar-refractivity contribution in [3.63, 3.8) is 0 Å². The quantitative estimate of drug-likeness (QED) is 0.497. The molecule has 1 aromatic carbocycles. The fourth-order valence-electron chi connectivity index (χ4n) is 1.24. The van der Waals surface area contributed by atoms with Crippen LogP contribution in [0.3, 0.4) is 0 Å². The highest BCUT2D eigenvalue weighted by Gasteiger charge is 2.13. The molecule has 0 saturated carbocycles. The Balaban J connectivity index is 2.15. The number of ether oxygens (including phenoxy) is 2. The van der Waals surface area contributed by atoms with Crippen molar-refractivity contribution in [1.29, 1.82) is 0 Å². The molecular formula is C12H18O6S. The zero-order valence-corrected chi connectivity index (χ0v) is 11.3. The van der Waals surface area contributed by atoms with E-state index < -0.39 is 10.1 Å². The van der Waals surface area contributed by atoms with E-state index in [2.05, 4.69) is 0 Å². The summed E-state index contributed by atoms with van der Waals surface area (Å²) in [7, 11) is -3.71. The summed E-state index contributed by atoms with van der Waals surface area (Å²) in [5.74, 6) is 0. The Kier molecular flexibility index (Phi) is 7.61. The van der Waals surface area contributed by atoms with Crippen LogP contribution in [0.1, 0.15) is 0 Å². The first-order chi connectivity index (χ1) is 9.17. The van der Waals surface area contributed by atoms with Crippen LogP contribution < -0.4 is 0 Å². The number of aliphatic hydroxyl groups excluding tert-OH is 1. The van der Waals surface area contributed by atoms with Gasteiger partial charge in [-0.05, 0) is 12.1 Å². The van der Waals surface area contributed by atoms with Crippen LogP contribution in [0.15, 0.2) is 35.2 Å². The van der Waals surface area contributed by atoms with Gasteiger partial charge in [-0.15, -0.1) is 0 Å². The topological polar surface area (TPSA) is 82.1 Å². The van der Waals surface area contributed by atoms with Gasteiger partial charge in [0.2, 0.25) is 0 Å². The van der Waals surface area contributed by atoms with Crippen LogP contribution in [0.2, 0.25) is 0 Å². The van der Waals surface area contributed by atoms with Gasteiger partial charge in [0.15, 0.2) is 0 Å². The summed E-state index contributed by atoms with van der Waals surface area (Å²) in [4.78, 5) is 0.126. The first kappa shape index (κ1) is 16.1. The number of hydrogen-bond acceptors (Lipinski definition) is 6. The maximum Gasteiger partial charge on any atom is 0.297 e. The van der Waals surface area contributed by atoms with Crippen molar-refractivity contribution in [3.8, 4) is 0 Å². The average molecular weight is 290 g/mol. The van der Waals surface area contributed by atoms with Crippen LogP contribution in [0.5, 0.6) is 0 Å². The normalized spacial score (nSPS) is 11.6. The van der Waals surface area contributed by atoms with Gasteiger partial charge in [0.1, 0.15) is 0 Å². The minimum atomic E-state index is -3.71. The van der Waals surface area contributed by atoms with Crippen LogP contribution in [0, 0.1) is 0 Å². The molecule has 6 nitrogen and oxygen atoms in total. The number of rotatable bonds is 10. The summed E-state index contributed by atoms with van der Waals surface area (Å²) < 4.78 is 38.2. The zero-order valence-electron chi connectivity index (χ0n) is 10.5. The summed E-state index contributed by atoms with van der Waals surface area (Å²) in [5.41, 5.74) is 0. The van der Waals surface area contributed by atoms with Gasteiger partial charge in [0.05, 0.1) is 44.5 Å². The van der Waals surface area contributed by atoms with E-state index in [1.807, 2.05) is 0 Å². The Bertz CT molecular complexity index is 431. The van der Waals surface area contributed by atoms with E-state index in [1.54, 1.807) is 18.2 Å². The third kappa shape index (κ3) is 6.65. The molecule has 0 bridgehead atoms. The Hall–Kier alpha value is -0.990. The molecule has 0 aliphatic rings. The summed E-state index contributed by atoms with van der Waals surface area (Å²) in [5, 5.41) is 8.45. The minimum absolute atomic E-state index is 0.0293. The van der Waals surface area contributed by atoms with Crippen LogP contribution in [0.25, 0.3) is 0 Å². The van der Waals surface area contributed by atoms with Crippen molar-refractivity contribution in [2.45, 2.75) is 4.90 Å². The lowest BCUT2D eigenvalue weighted by Crippen LogP contribution is -2.14. The van der Waals surface area contributed by atoms with E-state index >= 15 is 0 Å². The van der Waals surface area contributed by atoms with Crippen molar-refractivity contribution >= 4 is 10.1 Å². The standard InChI is InChI=1S/C12H18O6S/c13-6-7-16-8-9-17-10-11-18-19(14,15)12-4-2-1-3-5-12/h1-5,13H,6-11H2. The van der Waals surface area contributed by atoms with E-state index in [0.717, 1.165) is 0 Å². The average Bonchev–Trinajstić information content (AvgIpc) is 2.43. The zero-order chi connectivity index (χ0) is 14.0. The van der Waals surface area contributed by atoms with Gasteiger partial charge in [-0.2, -0.15) is 8.42 Å². The van der Waals surface area contributed by atoms with Gasteiger partial charge < -0.3 is 14.6 Å². The van der Waals surface area contributed by atoms with Crippen LogP contribution >= 0.6 is 0 Å². The lowest BCUT2D eigenvalue weighted by Gasteiger charge is -2.06. The predicted octanol–water partition coefficient (Wildman–Crippen LogP) is 0.417. The van der Waals surface area contributed by atoms with Crippen molar-refractivity contribution in [2.75, 3.05) is 39.6 Å². The number of hydrogen-bond donors (Lipinski definition) is 1. The molecule has 0 atom stereocenters. The molecule has 19 heavy (non-hydrogen) atoms. The maximum atomic E-state index is 11.7. The van der Waals surface area contributed by atoms with Crippen molar-refractivity contribution in [1.82, 2.24) is 0 Å². The van der Waals surface area contributed by atoms with Gasteiger partial charge in [-0.1, -0.05) is 18.2 Å². The van der Waals surface area contributed by atoms with Gasteiger partial charge in [-0.3, -0.25) is 4.18 Å². The van der Waals surface area contributed by atoms with Crippen molar-refractivity contribution in [2.24, 2.45) is 0 Å². The van der Waals surface area contributed by atoms with Crippen molar-refractivity contribution in [3.05, 3.63) is 30.3 Å². The van der Waals surface area contributed by atoms with Crippen LogP contribution in [-0.4, -0.2) is 53.2 Å². The number of aliphatic hydroxyl groups is 1. The van der Waals surface area contributed by atoms with E-state index in [9.17, 15) is 8.42 Å². The van der Waals surface area contributed by atoms with Gasteiger partial charge in [-0.25, -0.2) is 0 Å². The monoisotopic (exact) mass is 290 g/mol. The molecule has 0 spiro atoms. The highest BCUT2D eigenvalue weighted by atomic mass is 32.2. The summed E-state index contributed by atoms with van der Waals surface area (Å²) in [6.45, 7) is 1.03. The number of benzene rings is 1. The van der Waals surface area contributed by atoms with E-state index in [0.29, 0.717) is 13.2 Å². The lowest BCUT2D eigenvalue weighted by molar-refractivity contribution is 0.0252. The van der Waals surface area contributed by atoms with E-state index in [4.69, 9.17) is 18.8 Å². The van der Waals surface area contributed by atoms with Gasteiger partial charge in [0.25, 0.3) is 10.1 Å². The highest BCUT2D eigenvalue weighted by molar-refractivity contribution is 7.86. The molecular weight excluding hydrogens is 272 g/mol. The Morgan fingerprint density at radius 1 is 0.895 bits per heavy atom. The summed E-state index contributed by atoms with van der Waals surface area (Å²) in [6, 6.07) is 7.93. The van der Waals surface area contributed by atoms with Crippen LogP contribution in [0.4, 0.5) is 0 Å². The Morgan fingerprint density at radius 3 is 2.11 bits per heavy atom. The molecule has 0 unspecified atom stereocenters. The fraction of sp³-hybridized carbons (Fsp3) is 0.500. The molecule has 0 amide bonds. The molecule has 0 saturated heterocycles. The molecule has 0 heterocycles. The van der Waals surface area contributed by atoms with Gasteiger partial charge in [0, 0.05) is 0 Å². The molecule has 108 valence electrons. The minimum Gasteiger partial charge on any atom is -0.394 e. The summed E-state index contributed by atoms with van der Waals surface area (Å²) in [6.07, 6.45) is 0. The van der Waals surface area contributed by atoms with Crippen molar-refractivity contribution < 1.29 is 27.2 Å². The SMILES string of the molecule is O=S(=O)(OCCOCCOCCO)c1ccccc1. The lowest BCUT2D eigenvalue weighted by atomic mass is 10.4. The highest BCUT2D eigenvalue weighted by Crippen LogP contribution is 2.10. The first-order valence-corrected chi connectivity index (χ1v) is 7.28. The molecule has 0 aliphatic heterocycles. The molecule has 0 fully saturated rings. The smallest absolute Gasteiger partial charge is 0.297 e. The van der Waals surface area contributed by atoms with E-state index in [-0.39, 0.29) is 31.3 Å². The second-order valence-corrected chi connectivity index (χ2v) is 5.15. The second kappa shape index (κ2) is 9.00. The molecule has 0 aliphatic carbocycles. The second-order valence-electron chi connectivity index (χ2n) is 3.54. The third-order valence-corrected chi connectivity index (χ3v) is 3.43. The molecule has 0 aromatic heterocycles.